The smallest absolute Gasteiger partial charge is 0.310 e. The van der Waals surface area contributed by atoms with Crippen molar-refractivity contribution in [1.82, 2.24) is 5.32 Å². The molecule has 6 heteroatoms. The Morgan fingerprint density at radius 1 is 1.24 bits per heavy atom. The number of rotatable bonds is 5. The van der Waals surface area contributed by atoms with Gasteiger partial charge in [0.05, 0.1) is 5.56 Å². The minimum absolute atomic E-state index is 0.203. The molecule has 0 saturated carbocycles. The second kappa shape index (κ2) is 6.58. The lowest BCUT2D eigenvalue weighted by atomic mass is 10.0. The zero-order valence-corrected chi connectivity index (χ0v) is 12.2. The van der Waals surface area contributed by atoms with E-state index in [1.54, 1.807) is 11.3 Å². The Hall–Kier alpha value is -1.40. The zero-order valence-electron chi connectivity index (χ0n) is 11.4. The highest BCUT2D eigenvalue weighted by molar-refractivity contribution is 7.09. The van der Waals surface area contributed by atoms with Crippen LogP contribution >= 0.6 is 11.3 Å². The first-order valence-electron chi connectivity index (χ1n) is 6.54. The summed E-state index contributed by atoms with van der Waals surface area (Å²) in [6, 6.07) is 6.79. The van der Waals surface area contributed by atoms with Gasteiger partial charge in [-0.05, 0) is 35.7 Å². The Morgan fingerprint density at radius 2 is 2.00 bits per heavy atom. The van der Waals surface area contributed by atoms with Gasteiger partial charge in [0.15, 0.2) is 0 Å². The van der Waals surface area contributed by atoms with Gasteiger partial charge in [-0.3, -0.25) is 0 Å². The van der Waals surface area contributed by atoms with E-state index in [1.165, 1.54) is 6.07 Å². The summed E-state index contributed by atoms with van der Waals surface area (Å²) in [4.78, 5) is 1.10. The fraction of sp³-hybridized carbons (Fsp3) is 0.333. The topological polar surface area (TPSA) is 12.0 Å². The average Bonchev–Trinajstić information content (AvgIpc) is 2.89. The maximum absolute atomic E-state index is 13.7. The van der Waals surface area contributed by atoms with E-state index in [0.29, 0.717) is 18.5 Å². The highest BCUT2D eigenvalue weighted by Crippen LogP contribution is 2.33. The van der Waals surface area contributed by atoms with Gasteiger partial charge in [0.2, 0.25) is 0 Å². The maximum atomic E-state index is 13.7. The third-order valence-electron chi connectivity index (χ3n) is 3.14. The second-order valence-electron chi connectivity index (χ2n) is 4.63. The first kappa shape index (κ1) is 16.0. The van der Waals surface area contributed by atoms with Crippen LogP contribution in [0.5, 0.6) is 0 Å². The van der Waals surface area contributed by atoms with Crippen LogP contribution in [-0.2, 0) is 12.6 Å². The van der Waals surface area contributed by atoms with Crippen molar-refractivity contribution in [3.63, 3.8) is 0 Å². The zero-order chi connectivity index (χ0) is 15.5. The molecule has 1 heterocycles. The van der Waals surface area contributed by atoms with Crippen LogP contribution in [-0.4, -0.2) is 6.54 Å². The molecule has 2 aromatic rings. The van der Waals surface area contributed by atoms with Crippen LogP contribution in [0.25, 0.3) is 0 Å². The largest absolute Gasteiger partial charge is 0.419 e. The van der Waals surface area contributed by atoms with E-state index in [0.717, 1.165) is 17.0 Å². The molecule has 0 bridgehead atoms. The molecule has 0 aliphatic rings. The molecule has 2 rings (SSSR count). The van der Waals surface area contributed by atoms with Crippen LogP contribution in [0.3, 0.4) is 0 Å². The van der Waals surface area contributed by atoms with E-state index >= 15 is 0 Å². The summed E-state index contributed by atoms with van der Waals surface area (Å²) in [6.07, 6.45) is -4.04. The maximum Gasteiger partial charge on any atom is 0.419 e. The summed E-state index contributed by atoms with van der Waals surface area (Å²) >= 11 is 1.57. The number of nitrogens with one attached hydrogen (secondary N) is 1. The van der Waals surface area contributed by atoms with Crippen molar-refractivity contribution >= 4 is 11.3 Å². The minimum atomic E-state index is -4.66. The first-order valence-corrected chi connectivity index (χ1v) is 7.42. The molecule has 0 spiro atoms. The molecule has 1 atom stereocenters. The van der Waals surface area contributed by atoms with Crippen LogP contribution < -0.4 is 5.32 Å². The van der Waals surface area contributed by atoms with E-state index in [-0.39, 0.29) is 6.04 Å². The quantitative estimate of drug-likeness (QED) is 0.781. The first-order chi connectivity index (χ1) is 9.91. The van der Waals surface area contributed by atoms with E-state index in [4.69, 9.17) is 0 Å². The Balaban J connectivity index is 2.26. The number of benzene rings is 1. The normalized spacial score (nSPS) is 13.4. The van der Waals surface area contributed by atoms with Crippen LogP contribution in [0.4, 0.5) is 17.6 Å². The van der Waals surface area contributed by atoms with Gasteiger partial charge in [-0.25, -0.2) is 4.39 Å². The van der Waals surface area contributed by atoms with Crippen LogP contribution in [0, 0.1) is 5.82 Å². The Labute approximate surface area is 124 Å². The fourth-order valence-electron chi connectivity index (χ4n) is 2.16. The number of hydrogen-bond donors (Lipinski definition) is 1. The third kappa shape index (κ3) is 4.04. The van der Waals surface area contributed by atoms with Crippen LogP contribution in [0.15, 0.2) is 35.7 Å². The number of likely N-dealkylation sites (N-methyl/N-ethyl adjacent to an activating group) is 1. The lowest BCUT2D eigenvalue weighted by Gasteiger charge is -2.19. The van der Waals surface area contributed by atoms with Crippen molar-refractivity contribution in [2.24, 2.45) is 0 Å². The van der Waals surface area contributed by atoms with Gasteiger partial charge in [-0.1, -0.05) is 19.1 Å². The summed E-state index contributed by atoms with van der Waals surface area (Å²) < 4.78 is 51.4. The molecular formula is C15H15F4NS. The fourth-order valence-corrected chi connectivity index (χ4v) is 2.91. The predicted octanol–water partition coefficient (Wildman–Crippen LogP) is 4.80. The molecule has 1 aromatic heterocycles. The molecule has 0 amide bonds. The monoisotopic (exact) mass is 317 g/mol. The van der Waals surface area contributed by atoms with E-state index in [9.17, 15) is 17.6 Å². The lowest BCUT2D eigenvalue weighted by Crippen LogP contribution is -2.23. The molecule has 1 nitrogen and oxygen atoms in total. The minimum Gasteiger partial charge on any atom is -0.310 e. The Bertz CT molecular complexity index is 578. The molecule has 0 aliphatic heterocycles. The second-order valence-corrected chi connectivity index (χ2v) is 5.66. The number of alkyl halides is 3. The van der Waals surface area contributed by atoms with Gasteiger partial charge in [0.1, 0.15) is 5.82 Å². The number of halogens is 4. The Morgan fingerprint density at radius 3 is 2.52 bits per heavy atom. The van der Waals surface area contributed by atoms with Crippen molar-refractivity contribution < 1.29 is 17.6 Å². The van der Waals surface area contributed by atoms with Gasteiger partial charge in [0, 0.05) is 17.3 Å². The molecule has 0 aliphatic carbocycles. The average molecular weight is 317 g/mol. The molecule has 0 saturated heterocycles. The standard InChI is InChI=1S/C15H15F4NS/c1-2-20-14(9-11-4-3-7-21-11)10-5-6-12(13(16)8-10)15(17,18)19/h3-8,14,20H,2,9H2,1H3. The molecule has 1 N–H and O–H groups in total. The molecule has 0 radical (unpaired) electrons. The molecule has 1 unspecified atom stereocenters. The lowest BCUT2D eigenvalue weighted by molar-refractivity contribution is -0.140. The molecule has 21 heavy (non-hydrogen) atoms. The number of thiophene rings is 1. The van der Waals surface area contributed by atoms with E-state index in [2.05, 4.69) is 5.32 Å². The SMILES string of the molecule is CCNC(Cc1cccs1)c1ccc(C(F)(F)F)c(F)c1. The van der Waals surface area contributed by atoms with Crippen LogP contribution in [0.2, 0.25) is 0 Å². The van der Waals surface area contributed by atoms with Gasteiger partial charge in [-0.2, -0.15) is 13.2 Å². The summed E-state index contributed by atoms with van der Waals surface area (Å²) in [5.74, 6) is -1.23. The summed E-state index contributed by atoms with van der Waals surface area (Å²) in [6.45, 7) is 2.56. The predicted molar refractivity (Wildman–Crippen MR) is 75.8 cm³/mol. The molecule has 0 fully saturated rings. The highest BCUT2D eigenvalue weighted by atomic mass is 32.1. The number of hydrogen-bond acceptors (Lipinski definition) is 2. The molecular weight excluding hydrogens is 302 g/mol. The van der Waals surface area contributed by atoms with Crippen molar-refractivity contribution in [2.45, 2.75) is 25.6 Å². The molecule has 1 aromatic carbocycles. The molecule has 114 valence electrons. The summed E-state index contributed by atoms with van der Waals surface area (Å²) in [5.41, 5.74) is -0.701. The summed E-state index contributed by atoms with van der Waals surface area (Å²) in [7, 11) is 0. The van der Waals surface area contributed by atoms with Crippen molar-refractivity contribution in [3.05, 3.63) is 57.5 Å². The van der Waals surface area contributed by atoms with Gasteiger partial charge < -0.3 is 5.32 Å². The van der Waals surface area contributed by atoms with Gasteiger partial charge in [0.25, 0.3) is 0 Å². The van der Waals surface area contributed by atoms with Crippen molar-refractivity contribution in [3.8, 4) is 0 Å². The highest BCUT2D eigenvalue weighted by Gasteiger charge is 2.34. The summed E-state index contributed by atoms with van der Waals surface area (Å²) in [5, 5.41) is 5.12. The van der Waals surface area contributed by atoms with E-state index in [1.807, 2.05) is 24.4 Å². The van der Waals surface area contributed by atoms with E-state index < -0.39 is 17.6 Å². The van der Waals surface area contributed by atoms with Gasteiger partial charge >= 0.3 is 6.18 Å². The van der Waals surface area contributed by atoms with Crippen molar-refractivity contribution in [1.29, 1.82) is 0 Å². The Kier molecular flexibility index (Phi) is 5.00. The van der Waals surface area contributed by atoms with Crippen LogP contribution in [0.1, 0.15) is 29.0 Å². The third-order valence-corrected chi connectivity index (χ3v) is 4.04. The van der Waals surface area contributed by atoms with Gasteiger partial charge in [-0.15, -0.1) is 11.3 Å². The van der Waals surface area contributed by atoms with Crippen molar-refractivity contribution in [2.75, 3.05) is 6.54 Å².